The number of hydrogen-bond acceptors (Lipinski definition) is 4. The number of nitrogens with one attached hydrogen (secondary N) is 1. The maximum Gasteiger partial charge on any atom is 0.276 e. The van der Waals surface area contributed by atoms with E-state index in [2.05, 4.69) is 9.93 Å². The van der Waals surface area contributed by atoms with Crippen LogP contribution in [0.25, 0.3) is 11.0 Å². The maximum atomic E-state index is 12.1. The van der Waals surface area contributed by atoms with Crippen molar-refractivity contribution in [3.63, 3.8) is 0 Å². The summed E-state index contributed by atoms with van der Waals surface area (Å²) in [5.41, 5.74) is 1.19. The molecule has 0 atom stereocenters. The molecule has 0 fully saturated rings. The first-order valence-corrected chi connectivity index (χ1v) is 8.15. The zero-order chi connectivity index (χ0) is 15.6. The summed E-state index contributed by atoms with van der Waals surface area (Å²) in [6.07, 6.45) is 0. The molecule has 0 saturated heterocycles. The monoisotopic (exact) mass is 314 g/mol. The van der Waals surface area contributed by atoms with E-state index in [4.69, 9.17) is 4.42 Å². The minimum atomic E-state index is -3.67. The lowest BCUT2D eigenvalue weighted by atomic mass is 10.2. The van der Waals surface area contributed by atoms with Crippen LogP contribution in [0.5, 0.6) is 0 Å². The van der Waals surface area contributed by atoms with Gasteiger partial charge in [0.1, 0.15) is 11.3 Å². The van der Waals surface area contributed by atoms with Crippen molar-refractivity contribution in [2.45, 2.75) is 11.8 Å². The summed E-state index contributed by atoms with van der Waals surface area (Å²) < 4.78 is 29.8. The highest BCUT2D eigenvalue weighted by atomic mass is 32.2. The molecule has 112 valence electrons. The number of para-hydroxylation sites is 1. The Kier molecular flexibility index (Phi) is 3.68. The van der Waals surface area contributed by atoms with Crippen LogP contribution in [0.2, 0.25) is 0 Å². The molecule has 0 bridgehead atoms. The van der Waals surface area contributed by atoms with Gasteiger partial charge >= 0.3 is 0 Å². The molecule has 6 heteroatoms. The van der Waals surface area contributed by atoms with Crippen molar-refractivity contribution in [2.75, 3.05) is 0 Å². The van der Waals surface area contributed by atoms with Crippen molar-refractivity contribution in [2.24, 2.45) is 5.10 Å². The molecule has 2 aromatic carbocycles. The first-order valence-electron chi connectivity index (χ1n) is 6.66. The van der Waals surface area contributed by atoms with E-state index < -0.39 is 10.0 Å². The van der Waals surface area contributed by atoms with Crippen molar-refractivity contribution in [3.8, 4) is 0 Å². The predicted octanol–water partition coefficient (Wildman–Crippen LogP) is 3.14. The highest BCUT2D eigenvalue weighted by molar-refractivity contribution is 7.89. The molecular weight excluding hydrogens is 300 g/mol. The minimum Gasteiger partial charge on any atom is -0.455 e. The maximum absolute atomic E-state index is 12.1. The lowest BCUT2D eigenvalue weighted by Gasteiger charge is -2.03. The summed E-state index contributed by atoms with van der Waals surface area (Å²) >= 11 is 0. The van der Waals surface area contributed by atoms with E-state index in [0.717, 1.165) is 11.0 Å². The lowest BCUT2D eigenvalue weighted by molar-refractivity contribution is 0.583. The number of hydrazone groups is 1. The van der Waals surface area contributed by atoms with Crippen LogP contribution in [0, 0.1) is 0 Å². The number of benzene rings is 2. The van der Waals surface area contributed by atoms with Gasteiger partial charge in [-0.05, 0) is 31.2 Å². The van der Waals surface area contributed by atoms with Crippen LogP contribution in [-0.4, -0.2) is 14.1 Å². The molecule has 1 aromatic heterocycles. The third-order valence-corrected chi connectivity index (χ3v) is 4.39. The smallest absolute Gasteiger partial charge is 0.276 e. The molecular formula is C16H14N2O3S. The average molecular weight is 314 g/mol. The van der Waals surface area contributed by atoms with E-state index in [1.165, 1.54) is 12.1 Å². The molecule has 0 aliphatic carbocycles. The minimum absolute atomic E-state index is 0.163. The molecule has 0 spiro atoms. The molecule has 0 radical (unpaired) electrons. The Morgan fingerprint density at radius 2 is 1.73 bits per heavy atom. The van der Waals surface area contributed by atoms with E-state index in [1.54, 1.807) is 25.1 Å². The van der Waals surface area contributed by atoms with Gasteiger partial charge in [0.25, 0.3) is 10.0 Å². The molecule has 0 aliphatic rings. The van der Waals surface area contributed by atoms with E-state index >= 15 is 0 Å². The molecule has 0 saturated carbocycles. The van der Waals surface area contributed by atoms with Crippen molar-refractivity contribution < 1.29 is 12.8 Å². The molecule has 5 nitrogen and oxygen atoms in total. The van der Waals surface area contributed by atoms with Crippen LogP contribution in [-0.2, 0) is 10.0 Å². The van der Waals surface area contributed by atoms with Gasteiger partial charge in [0.05, 0.1) is 4.90 Å². The van der Waals surface area contributed by atoms with Gasteiger partial charge < -0.3 is 4.42 Å². The fourth-order valence-electron chi connectivity index (χ4n) is 2.00. The van der Waals surface area contributed by atoms with Gasteiger partial charge in [-0.2, -0.15) is 18.4 Å². The van der Waals surface area contributed by atoms with Gasteiger partial charge in [0, 0.05) is 5.39 Å². The molecule has 3 aromatic rings. The van der Waals surface area contributed by atoms with Crippen molar-refractivity contribution in [1.82, 2.24) is 4.83 Å². The van der Waals surface area contributed by atoms with Crippen LogP contribution in [0.4, 0.5) is 0 Å². The van der Waals surface area contributed by atoms with Crippen LogP contribution in [0.15, 0.2) is 75.1 Å². The highest BCUT2D eigenvalue weighted by Gasteiger charge is 2.13. The predicted molar refractivity (Wildman–Crippen MR) is 85.2 cm³/mol. The van der Waals surface area contributed by atoms with E-state index in [9.17, 15) is 8.42 Å². The number of rotatable bonds is 4. The SMILES string of the molecule is C/C(=N\NS(=O)(=O)c1ccccc1)c1cc2ccccc2o1. The summed E-state index contributed by atoms with van der Waals surface area (Å²) in [7, 11) is -3.67. The second-order valence-electron chi connectivity index (χ2n) is 4.75. The molecule has 0 unspecified atom stereocenters. The fraction of sp³-hybridized carbons (Fsp3) is 0.0625. The van der Waals surface area contributed by atoms with Gasteiger partial charge in [-0.15, -0.1) is 0 Å². The zero-order valence-corrected chi connectivity index (χ0v) is 12.7. The van der Waals surface area contributed by atoms with Crippen LogP contribution < -0.4 is 4.83 Å². The van der Waals surface area contributed by atoms with Crippen LogP contribution in [0.3, 0.4) is 0 Å². The van der Waals surface area contributed by atoms with Crippen molar-refractivity contribution >= 4 is 26.7 Å². The number of fused-ring (bicyclic) bond motifs is 1. The molecule has 1 heterocycles. The molecule has 0 amide bonds. The third kappa shape index (κ3) is 2.87. The first-order chi connectivity index (χ1) is 10.6. The first kappa shape index (κ1) is 14.3. The highest BCUT2D eigenvalue weighted by Crippen LogP contribution is 2.19. The molecule has 1 N–H and O–H groups in total. The number of nitrogens with zero attached hydrogens (tertiary/aromatic N) is 1. The van der Waals surface area contributed by atoms with Crippen LogP contribution in [0.1, 0.15) is 12.7 Å². The Morgan fingerprint density at radius 3 is 2.45 bits per heavy atom. The summed E-state index contributed by atoms with van der Waals surface area (Å²) in [4.78, 5) is 2.38. The quantitative estimate of drug-likeness (QED) is 0.594. The largest absolute Gasteiger partial charge is 0.455 e. The topological polar surface area (TPSA) is 71.7 Å². The van der Waals surface area contributed by atoms with E-state index in [-0.39, 0.29) is 4.90 Å². The molecule has 3 rings (SSSR count). The summed E-state index contributed by atoms with van der Waals surface area (Å²) in [5, 5.41) is 4.87. The van der Waals surface area contributed by atoms with Crippen molar-refractivity contribution in [3.05, 3.63) is 66.4 Å². The number of sulfonamides is 1. The Morgan fingerprint density at radius 1 is 1.05 bits per heavy atom. The van der Waals surface area contributed by atoms with E-state index in [1.807, 2.05) is 30.3 Å². The Labute approximate surface area is 128 Å². The summed E-state index contributed by atoms with van der Waals surface area (Å²) in [5.74, 6) is 0.525. The zero-order valence-electron chi connectivity index (χ0n) is 11.9. The Bertz CT molecular complexity index is 895. The van der Waals surface area contributed by atoms with Gasteiger partial charge in [0.2, 0.25) is 0 Å². The second-order valence-corrected chi connectivity index (χ2v) is 6.41. The van der Waals surface area contributed by atoms with Crippen molar-refractivity contribution in [1.29, 1.82) is 0 Å². The van der Waals surface area contributed by atoms with Crippen LogP contribution >= 0.6 is 0 Å². The van der Waals surface area contributed by atoms with Gasteiger partial charge in [-0.1, -0.05) is 36.4 Å². The number of hydrogen-bond donors (Lipinski definition) is 1. The van der Waals surface area contributed by atoms with Gasteiger partial charge in [-0.25, -0.2) is 0 Å². The number of furan rings is 1. The second kappa shape index (κ2) is 5.65. The standard InChI is InChI=1S/C16H14N2O3S/c1-12(16-11-13-7-5-6-10-15(13)21-16)17-18-22(19,20)14-8-3-2-4-9-14/h2-11,18H,1H3/b17-12+. The Balaban J connectivity index is 1.86. The normalized spacial score (nSPS) is 12.5. The van der Waals surface area contributed by atoms with Gasteiger partial charge in [0.15, 0.2) is 5.76 Å². The third-order valence-electron chi connectivity index (χ3n) is 3.17. The Hall–Kier alpha value is -2.60. The molecule has 22 heavy (non-hydrogen) atoms. The summed E-state index contributed by atoms with van der Waals surface area (Å²) in [6, 6.07) is 17.5. The lowest BCUT2D eigenvalue weighted by Crippen LogP contribution is -2.19. The van der Waals surface area contributed by atoms with Gasteiger partial charge in [-0.3, -0.25) is 0 Å². The van der Waals surface area contributed by atoms with E-state index in [0.29, 0.717) is 11.5 Å². The average Bonchev–Trinajstić information content (AvgIpc) is 2.98. The molecule has 0 aliphatic heterocycles. The fourth-order valence-corrected chi connectivity index (χ4v) is 2.87. The summed E-state index contributed by atoms with van der Waals surface area (Å²) in [6.45, 7) is 1.69.